The van der Waals surface area contributed by atoms with Gasteiger partial charge in [-0.2, -0.15) is 0 Å². The molecular formula is C15H10BrClN2O4S. The van der Waals surface area contributed by atoms with E-state index in [1.54, 1.807) is 18.2 Å². The first-order valence-electron chi connectivity index (χ1n) is 6.97. The number of ether oxygens (including phenoxy) is 1. The third kappa shape index (κ3) is 2.54. The van der Waals surface area contributed by atoms with Gasteiger partial charge in [0.25, 0.3) is 10.0 Å². The Bertz CT molecular complexity index is 1060. The zero-order valence-corrected chi connectivity index (χ0v) is 15.2. The van der Waals surface area contributed by atoms with E-state index in [-0.39, 0.29) is 10.7 Å². The van der Waals surface area contributed by atoms with E-state index < -0.39 is 10.0 Å². The second kappa shape index (κ2) is 5.65. The van der Waals surface area contributed by atoms with Gasteiger partial charge in [0, 0.05) is 16.5 Å². The molecule has 2 aromatic carbocycles. The van der Waals surface area contributed by atoms with Gasteiger partial charge >= 0.3 is 0 Å². The SMILES string of the molecule is O=S(=O)(Nc1noc2cccc(Cl)c12)c1cc(Br)cc2c1OCC2. The molecule has 0 spiro atoms. The minimum absolute atomic E-state index is 0.0438. The molecule has 0 aliphatic carbocycles. The van der Waals surface area contributed by atoms with Crippen LogP contribution < -0.4 is 9.46 Å². The molecule has 2 heterocycles. The predicted molar refractivity (Wildman–Crippen MR) is 93.2 cm³/mol. The Labute approximate surface area is 150 Å². The summed E-state index contributed by atoms with van der Waals surface area (Å²) in [5.41, 5.74) is 1.24. The van der Waals surface area contributed by atoms with Crippen molar-refractivity contribution in [2.75, 3.05) is 11.3 Å². The van der Waals surface area contributed by atoms with Crippen molar-refractivity contribution in [1.29, 1.82) is 0 Å². The maximum atomic E-state index is 12.8. The van der Waals surface area contributed by atoms with Crippen LogP contribution in [0, 0.1) is 0 Å². The van der Waals surface area contributed by atoms with Crippen LogP contribution in [0.25, 0.3) is 11.0 Å². The van der Waals surface area contributed by atoms with Gasteiger partial charge in [-0.25, -0.2) is 8.42 Å². The fraction of sp³-hybridized carbons (Fsp3) is 0.133. The lowest BCUT2D eigenvalue weighted by Crippen LogP contribution is -2.14. The number of sulfonamides is 1. The van der Waals surface area contributed by atoms with Crippen LogP contribution in [0.1, 0.15) is 5.56 Å². The maximum Gasteiger partial charge on any atom is 0.266 e. The predicted octanol–water partition coefficient (Wildman–Crippen LogP) is 3.98. The van der Waals surface area contributed by atoms with Gasteiger partial charge in [0.1, 0.15) is 10.6 Å². The molecule has 4 rings (SSSR count). The van der Waals surface area contributed by atoms with Gasteiger partial charge in [-0.3, -0.25) is 4.72 Å². The van der Waals surface area contributed by atoms with Crippen molar-refractivity contribution in [3.05, 3.63) is 45.4 Å². The largest absolute Gasteiger partial charge is 0.492 e. The molecule has 1 aliphatic heterocycles. The Morgan fingerprint density at radius 1 is 1.29 bits per heavy atom. The van der Waals surface area contributed by atoms with Crippen molar-refractivity contribution < 1.29 is 17.7 Å². The molecule has 1 aliphatic rings. The Morgan fingerprint density at radius 2 is 2.12 bits per heavy atom. The van der Waals surface area contributed by atoms with Crippen molar-refractivity contribution in [3.8, 4) is 5.75 Å². The summed E-state index contributed by atoms with van der Waals surface area (Å²) in [5.74, 6) is 0.409. The minimum Gasteiger partial charge on any atom is -0.492 e. The highest BCUT2D eigenvalue weighted by atomic mass is 79.9. The summed E-state index contributed by atoms with van der Waals surface area (Å²) in [6, 6.07) is 8.34. The van der Waals surface area contributed by atoms with Crippen LogP contribution in [0.15, 0.2) is 44.2 Å². The van der Waals surface area contributed by atoms with Crippen molar-refractivity contribution in [2.24, 2.45) is 0 Å². The molecule has 3 aromatic rings. The topological polar surface area (TPSA) is 81.4 Å². The molecule has 24 heavy (non-hydrogen) atoms. The van der Waals surface area contributed by atoms with E-state index in [4.69, 9.17) is 20.9 Å². The number of hydrogen-bond donors (Lipinski definition) is 1. The van der Waals surface area contributed by atoms with Crippen LogP contribution in [0.3, 0.4) is 0 Å². The number of aromatic nitrogens is 1. The lowest BCUT2D eigenvalue weighted by molar-refractivity contribution is 0.348. The Hall–Kier alpha value is -1.77. The number of rotatable bonds is 3. The summed E-state index contributed by atoms with van der Waals surface area (Å²) in [4.78, 5) is 0.0487. The van der Waals surface area contributed by atoms with Gasteiger partial charge in [0.05, 0.1) is 17.0 Å². The molecule has 0 fully saturated rings. The van der Waals surface area contributed by atoms with Crippen LogP contribution in [0.4, 0.5) is 5.82 Å². The van der Waals surface area contributed by atoms with Gasteiger partial charge in [-0.15, -0.1) is 0 Å². The van der Waals surface area contributed by atoms with Crippen LogP contribution in [-0.2, 0) is 16.4 Å². The smallest absolute Gasteiger partial charge is 0.266 e. The molecule has 0 amide bonds. The summed E-state index contributed by atoms with van der Waals surface area (Å²) in [6.45, 7) is 0.451. The third-order valence-corrected chi connectivity index (χ3v) is 5.80. The molecule has 0 saturated carbocycles. The summed E-state index contributed by atoms with van der Waals surface area (Å²) in [7, 11) is -3.93. The highest BCUT2D eigenvalue weighted by molar-refractivity contribution is 9.10. The Balaban J connectivity index is 1.82. The van der Waals surface area contributed by atoms with Gasteiger partial charge in [0.2, 0.25) is 0 Å². The van der Waals surface area contributed by atoms with E-state index in [0.29, 0.717) is 39.2 Å². The average Bonchev–Trinajstić information content (AvgIpc) is 3.13. The van der Waals surface area contributed by atoms with Gasteiger partial charge in [-0.1, -0.05) is 38.8 Å². The normalized spacial score (nSPS) is 13.8. The number of nitrogens with zero attached hydrogens (tertiary/aromatic N) is 1. The van der Waals surface area contributed by atoms with Crippen LogP contribution in [0.5, 0.6) is 5.75 Å². The zero-order chi connectivity index (χ0) is 16.9. The second-order valence-corrected chi connectivity index (χ2v) is 8.21. The monoisotopic (exact) mass is 428 g/mol. The van der Waals surface area contributed by atoms with E-state index >= 15 is 0 Å². The molecule has 9 heteroatoms. The number of nitrogens with one attached hydrogen (secondary N) is 1. The minimum atomic E-state index is -3.93. The Kier molecular flexibility index (Phi) is 3.70. The summed E-state index contributed by atoms with van der Waals surface area (Å²) in [5, 5.41) is 4.54. The lowest BCUT2D eigenvalue weighted by Gasteiger charge is -2.10. The molecule has 0 atom stereocenters. The lowest BCUT2D eigenvalue weighted by atomic mass is 10.2. The average molecular weight is 430 g/mol. The third-order valence-electron chi connectivity index (χ3n) is 3.68. The van der Waals surface area contributed by atoms with Gasteiger partial charge in [0.15, 0.2) is 11.4 Å². The fourth-order valence-corrected chi connectivity index (χ4v) is 4.77. The number of benzene rings is 2. The molecule has 1 aromatic heterocycles. The standard InChI is InChI=1S/C15H10BrClN2O4S/c16-9-6-8-4-5-22-14(8)12(7-9)24(20,21)19-15-13-10(17)2-1-3-11(13)23-18-15/h1-3,6-7H,4-5H2,(H,18,19). The van der Waals surface area contributed by atoms with E-state index in [9.17, 15) is 8.42 Å². The molecule has 6 nitrogen and oxygen atoms in total. The van der Waals surface area contributed by atoms with Crippen molar-refractivity contribution >= 4 is 54.3 Å². The van der Waals surface area contributed by atoms with Crippen LogP contribution in [0.2, 0.25) is 5.02 Å². The van der Waals surface area contributed by atoms with Crippen molar-refractivity contribution in [2.45, 2.75) is 11.3 Å². The van der Waals surface area contributed by atoms with E-state index in [0.717, 1.165) is 5.56 Å². The summed E-state index contributed by atoms with van der Waals surface area (Å²) in [6.07, 6.45) is 0.663. The summed E-state index contributed by atoms with van der Waals surface area (Å²) < 4.78 is 39.4. The quantitative estimate of drug-likeness (QED) is 0.681. The first-order chi connectivity index (χ1) is 11.5. The molecule has 1 N–H and O–H groups in total. The first-order valence-corrected chi connectivity index (χ1v) is 9.63. The van der Waals surface area contributed by atoms with E-state index in [1.165, 1.54) is 6.07 Å². The number of anilines is 1. The van der Waals surface area contributed by atoms with Gasteiger partial charge in [-0.05, 0) is 24.3 Å². The highest BCUT2D eigenvalue weighted by Gasteiger charge is 2.28. The van der Waals surface area contributed by atoms with Gasteiger partial charge < -0.3 is 9.26 Å². The van der Waals surface area contributed by atoms with Crippen molar-refractivity contribution in [1.82, 2.24) is 5.16 Å². The molecular weight excluding hydrogens is 420 g/mol. The number of fused-ring (bicyclic) bond motifs is 2. The van der Waals surface area contributed by atoms with E-state index in [1.807, 2.05) is 6.07 Å². The molecule has 0 bridgehead atoms. The Morgan fingerprint density at radius 3 is 2.96 bits per heavy atom. The second-order valence-electron chi connectivity index (χ2n) is 5.24. The van der Waals surface area contributed by atoms with Crippen LogP contribution in [-0.4, -0.2) is 20.2 Å². The van der Waals surface area contributed by atoms with Crippen LogP contribution >= 0.6 is 27.5 Å². The molecule has 0 saturated heterocycles. The molecule has 0 radical (unpaired) electrons. The number of halogens is 2. The zero-order valence-electron chi connectivity index (χ0n) is 12.0. The van der Waals surface area contributed by atoms with Crippen molar-refractivity contribution in [3.63, 3.8) is 0 Å². The highest BCUT2D eigenvalue weighted by Crippen LogP contribution is 2.38. The maximum absolute atomic E-state index is 12.8. The van der Waals surface area contributed by atoms with E-state index in [2.05, 4.69) is 25.8 Å². The first kappa shape index (κ1) is 15.7. The molecule has 124 valence electrons. The molecule has 0 unspecified atom stereocenters. The summed E-state index contributed by atoms with van der Waals surface area (Å²) >= 11 is 9.46. The number of hydrogen-bond acceptors (Lipinski definition) is 5. The fourth-order valence-electron chi connectivity index (χ4n) is 2.64.